The number of hydrogen-bond donors (Lipinski definition) is 1. The van der Waals surface area contributed by atoms with E-state index in [4.69, 9.17) is 5.73 Å². The zero-order chi connectivity index (χ0) is 12.5. The van der Waals surface area contributed by atoms with Crippen LogP contribution in [0.5, 0.6) is 0 Å². The lowest BCUT2D eigenvalue weighted by Crippen LogP contribution is -2.12. The molecule has 2 heterocycles. The molecule has 2 rings (SSSR count). The van der Waals surface area contributed by atoms with Gasteiger partial charge in [-0.3, -0.25) is 4.98 Å². The second kappa shape index (κ2) is 4.04. The van der Waals surface area contributed by atoms with Crippen LogP contribution in [0, 0.1) is 0 Å². The molecule has 0 radical (unpaired) electrons. The Morgan fingerprint density at radius 3 is 2.53 bits per heavy atom. The minimum atomic E-state index is -3.03. The van der Waals surface area contributed by atoms with E-state index in [9.17, 15) is 8.78 Å². The molecule has 2 aromatic rings. The molecule has 0 saturated heterocycles. The molecule has 0 unspecified atom stereocenters. The average Bonchev–Trinajstić information content (AvgIpc) is 2.29. The third kappa shape index (κ3) is 2.35. The molecule has 2 N–H and O–H groups in total. The quantitative estimate of drug-likeness (QED) is 0.868. The summed E-state index contributed by atoms with van der Waals surface area (Å²) in [7, 11) is 0. The van der Waals surface area contributed by atoms with E-state index in [0.29, 0.717) is 5.69 Å². The van der Waals surface area contributed by atoms with Gasteiger partial charge in [0.1, 0.15) is 11.5 Å². The third-order valence-corrected chi connectivity index (χ3v) is 2.18. The van der Waals surface area contributed by atoms with Crippen molar-refractivity contribution in [3.63, 3.8) is 0 Å². The second-order valence-electron chi connectivity index (χ2n) is 3.63. The summed E-state index contributed by atoms with van der Waals surface area (Å²) in [5.74, 6) is -2.79. The lowest BCUT2D eigenvalue weighted by atomic mass is 10.1. The molecule has 17 heavy (non-hydrogen) atoms. The van der Waals surface area contributed by atoms with Crippen LogP contribution in [0.3, 0.4) is 0 Å². The zero-order valence-electron chi connectivity index (χ0n) is 9.06. The van der Waals surface area contributed by atoms with Gasteiger partial charge in [-0.15, -0.1) is 10.2 Å². The number of pyridine rings is 1. The van der Waals surface area contributed by atoms with Crippen molar-refractivity contribution < 1.29 is 8.78 Å². The van der Waals surface area contributed by atoms with E-state index in [1.165, 1.54) is 24.4 Å². The molecular formula is C11H10F2N4. The van der Waals surface area contributed by atoms with Gasteiger partial charge in [0.05, 0.1) is 5.69 Å². The molecule has 0 amide bonds. The highest BCUT2D eigenvalue weighted by molar-refractivity contribution is 5.62. The molecule has 0 spiro atoms. The van der Waals surface area contributed by atoms with E-state index >= 15 is 0 Å². The monoisotopic (exact) mass is 236 g/mol. The molecule has 0 fully saturated rings. The minimum Gasteiger partial charge on any atom is -0.382 e. The summed E-state index contributed by atoms with van der Waals surface area (Å²) in [5, 5.41) is 7.41. The summed E-state index contributed by atoms with van der Waals surface area (Å²) >= 11 is 0. The summed E-state index contributed by atoms with van der Waals surface area (Å²) in [4.78, 5) is 3.70. The molecule has 6 heteroatoms. The standard InChI is InChI=1S/C11H10F2N4/c1-11(12,13)10-7(3-2-6-15-10)8-4-5-9(14)17-16-8/h2-6H,1H3,(H2,14,17). The summed E-state index contributed by atoms with van der Waals surface area (Å²) in [5.41, 5.74) is 5.65. The Morgan fingerprint density at radius 2 is 1.94 bits per heavy atom. The van der Waals surface area contributed by atoms with Gasteiger partial charge < -0.3 is 5.73 Å². The fourth-order valence-electron chi connectivity index (χ4n) is 1.45. The highest BCUT2D eigenvalue weighted by Crippen LogP contribution is 2.32. The minimum absolute atomic E-state index is 0.238. The first-order valence-electron chi connectivity index (χ1n) is 4.91. The number of nitrogens with two attached hydrogens (primary N) is 1. The maximum atomic E-state index is 13.3. The Morgan fingerprint density at radius 1 is 1.18 bits per heavy atom. The smallest absolute Gasteiger partial charge is 0.287 e. The fourth-order valence-corrected chi connectivity index (χ4v) is 1.45. The van der Waals surface area contributed by atoms with E-state index in [0.717, 1.165) is 6.92 Å². The molecule has 0 bridgehead atoms. The first-order valence-corrected chi connectivity index (χ1v) is 4.91. The van der Waals surface area contributed by atoms with Crippen LogP contribution in [-0.4, -0.2) is 15.2 Å². The van der Waals surface area contributed by atoms with Crippen molar-refractivity contribution in [2.24, 2.45) is 0 Å². The van der Waals surface area contributed by atoms with Gasteiger partial charge in [-0.25, -0.2) is 0 Å². The van der Waals surface area contributed by atoms with E-state index in [1.54, 1.807) is 6.07 Å². The van der Waals surface area contributed by atoms with Gasteiger partial charge in [0.2, 0.25) is 0 Å². The van der Waals surface area contributed by atoms with Crippen LogP contribution in [-0.2, 0) is 5.92 Å². The Hall–Kier alpha value is -2.11. The van der Waals surface area contributed by atoms with Gasteiger partial charge >= 0.3 is 0 Å². The van der Waals surface area contributed by atoms with Crippen LogP contribution in [0.2, 0.25) is 0 Å². The maximum Gasteiger partial charge on any atom is 0.287 e. The van der Waals surface area contributed by atoms with Gasteiger partial charge in [-0.2, -0.15) is 8.78 Å². The van der Waals surface area contributed by atoms with Crippen molar-refractivity contribution in [3.8, 4) is 11.3 Å². The number of halogens is 2. The summed E-state index contributed by atoms with van der Waals surface area (Å²) in [6.07, 6.45) is 1.32. The Labute approximate surface area is 96.5 Å². The molecule has 0 aromatic carbocycles. The number of anilines is 1. The van der Waals surface area contributed by atoms with Crippen LogP contribution in [0.15, 0.2) is 30.5 Å². The van der Waals surface area contributed by atoms with Crippen molar-refractivity contribution in [1.29, 1.82) is 0 Å². The number of alkyl halides is 2. The maximum absolute atomic E-state index is 13.3. The number of hydrogen-bond acceptors (Lipinski definition) is 4. The van der Waals surface area contributed by atoms with E-state index in [-0.39, 0.29) is 17.1 Å². The molecule has 0 saturated carbocycles. The van der Waals surface area contributed by atoms with Crippen molar-refractivity contribution in [2.75, 3.05) is 5.73 Å². The van der Waals surface area contributed by atoms with Gasteiger partial charge in [0, 0.05) is 18.7 Å². The zero-order valence-corrected chi connectivity index (χ0v) is 9.06. The molecule has 0 aliphatic carbocycles. The van der Waals surface area contributed by atoms with Gasteiger partial charge in [-0.05, 0) is 24.3 Å². The lowest BCUT2D eigenvalue weighted by molar-refractivity contribution is 0.0134. The predicted molar refractivity (Wildman–Crippen MR) is 59.2 cm³/mol. The molecule has 0 aliphatic heterocycles. The van der Waals surface area contributed by atoms with Gasteiger partial charge in [-0.1, -0.05) is 0 Å². The third-order valence-electron chi connectivity index (χ3n) is 2.18. The number of aromatic nitrogens is 3. The van der Waals surface area contributed by atoms with Gasteiger partial charge in [0.15, 0.2) is 0 Å². The van der Waals surface area contributed by atoms with Crippen LogP contribution in [0.25, 0.3) is 11.3 Å². The first kappa shape index (κ1) is 11.4. The SMILES string of the molecule is CC(F)(F)c1ncccc1-c1ccc(N)nn1. The van der Waals surface area contributed by atoms with Crippen molar-refractivity contribution >= 4 is 5.82 Å². The Balaban J connectivity index is 2.56. The first-order chi connectivity index (χ1) is 7.98. The topological polar surface area (TPSA) is 64.7 Å². The molecule has 88 valence electrons. The second-order valence-corrected chi connectivity index (χ2v) is 3.63. The average molecular weight is 236 g/mol. The molecule has 2 aromatic heterocycles. The lowest BCUT2D eigenvalue weighted by Gasteiger charge is -2.13. The molecule has 0 aliphatic rings. The largest absolute Gasteiger partial charge is 0.382 e. The van der Waals surface area contributed by atoms with Crippen molar-refractivity contribution in [3.05, 3.63) is 36.2 Å². The van der Waals surface area contributed by atoms with E-state index < -0.39 is 5.92 Å². The molecular weight excluding hydrogens is 226 g/mol. The normalized spacial score (nSPS) is 11.5. The van der Waals surface area contributed by atoms with Crippen LogP contribution in [0.4, 0.5) is 14.6 Å². The summed E-state index contributed by atoms with van der Waals surface area (Å²) < 4.78 is 26.7. The molecule has 4 nitrogen and oxygen atoms in total. The van der Waals surface area contributed by atoms with E-state index in [1.807, 2.05) is 0 Å². The van der Waals surface area contributed by atoms with E-state index in [2.05, 4.69) is 15.2 Å². The number of rotatable bonds is 2. The number of nitrogens with zero attached hydrogens (tertiary/aromatic N) is 3. The van der Waals surface area contributed by atoms with Crippen LogP contribution < -0.4 is 5.73 Å². The Bertz CT molecular complexity index is 520. The highest BCUT2D eigenvalue weighted by atomic mass is 19.3. The predicted octanol–water partition coefficient (Wildman–Crippen LogP) is 2.23. The fraction of sp³-hybridized carbons (Fsp3) is 0.182. The summed E-state index contributed by atoms with van der Waals surface area (Å²) in [6.45, 7) is 0.795. The number of nitrogen functional groups attached to an aromatic ring is 1. The molecule has 0 atom stereocenters. The van der Waals surface area contributed by atoms with Crippen molar-refractivity contribution in [2.45, 2.75) is 12.8 Å². The summed E-state index contributed by atoms with van der Waals surface area (Å²) in [6, 6.07) is 6.14. The van der Waals surface area contributed by atoms with Crippen LogP contribution in [0.1, 0.15) is 12.6 Å². The highest BCUT2D eigenvalue weighted by Gasteiger charge is 2.30. The Kier molecular flexibility index (Phi) is 2.71. The van der Waals surface area contributed by atoms with Gasteiger partial charge in [0.25, 0.3) is 5.92 Å². The van der Waals surface area contributed by atoms with Crippen molar-refractivity contribution in [1.82, 2.24) is 15.2 Å². The van der Waals surface area contributed by atoms with Crippen LogP contribution >= 0.6 is 0 Å².